The zero-order chi connectivity index (χ0) is 20.6. The highest BCUT2D eigenvalue weighted by Crippen LogP contribution is 2.19. The molecule has 2 aromatic rings. The third-order valence-corrected chi connectivity index (χ3v) is 4.78. The second kappa shape index (κ2) is 11.5. The number of rotatable bonds is 7. The average Bonchev–Trinajstić information content (AvgIpc) is 2.74. The van der Waals surface area contributed by atoms with Crippen molar-refractivity contribution in [2.75, 3.05) is 26.2 Å². The van der Waals surface area contributed by atoms with E-state index in [1.165, 1.54) is 19.1 Å². The van der Waals surface area contributed by atoms with Crippen molar-refractivity contribution in [2.45, 2.75) is 26.0 Å². The molecule has 0 aromatic heterocycles. The van der Waals surface area contributed by atoms with Gasteiger partial charge in [0.2, 0.25) is 0 Å². The number of piperazine rings is 1. The van der Waals surface area contributed by atoms with E-state index in [9.17, 15) is 14.0 Å². The topological polar surface area (TPSA) is 67.9 Å². The quantitative estimate of drug-likeness (QED) is 0.668. The third kappa shape index (κ3) is 6.71. The molecule has 3 rings (SSSR count). The largest absolute Gasteiger partial charge is 0.490 e. The maximum Gasteiger partial charge on any atom is 0.410 e. The fourth-order valence-electron chi connectivity index (χ4n) is 3.14. The van der Waals surface area contributed by atoms with E-state index in [2.05, 4.69) is 5.32 Å². The number of hydrogen-bond acceptors (Lipinski definition) is 5. The summed E-state index contributed by atoms with van der Waals surface area (Å²) in [7, 11) is 0. The molecular weight excluding hydrogens is 411 g/mol. The van der Waals surface area contributed by atoms with Gasteiger partial charge in [-0.3, -0.25) is 4.79 Å². The maximum atomic E-state index is 14.0. The second-order valence-corrected chi connectivity index (χ2v) is 6.98. The number of halogens is 2. The molecule has 0 bridgehead atoms. The van der Waals surface area contributed by atoms with Crippen LogP contribution in [0.15, 0.2) is 48.5 Å². The van der Waals surface area contributed by atoms with Crippen LogP contribution in [0.1, 0.15) is 29.3 Å². The molecule has 30 heavy (non-hydrogen) atoms. The maximum absolute atomic E-state index is 14.0. The molecule has 0 radical (unpaired) electrons. The number of carbonyl (C=O) groups is 2. The van der Waals surface area contributed by atoms with Gasteiger partial charge in [-0.25, -0.2) is 9.18 Å². The molecule has 6 nitrogen and oxygen atoms in total. The summed E-state index contributed by atoms with van der Waals surface area (Å²) >= 11 is 0. The van der Waals surface area contributed by atoms with Gasteiger partial charge in [-0.15, -0.1) is 12.4 Å². The zero-order valence-electron chi connectivity index (χ0n) is 16.8. The number of nitrogens with zero attached hydrogens (tertiary/aromatic N) is 1. The Morgan fingerprint density at radius 2 is 1.97 bits per heavy atom. The van der Waals surface area contributed by atoms with Crippen LogP contribution >= 0.6 is 12.4 Å². The van der Waals surface area contributed by atoms with Crippen molar-refractivity contribution in [1.82, 2.24) is 10.2 Å². The SMILES string of the molecule is CC(=O)c1ccc(OCC[C@@H]2CN(C(=O)OCc3ccccc3)CCN2)c(F)c1.Cl. The molecule has 1 heterocycles. The fourth-order valence-corrected chi connectivity index (χ4v) is 3.14. The zero-order valence-corrected chi connectivity index (χ0v) is 17.6. The third-order valence-electron chi connectivity index (χ3n) is 4.78. The normalized spacial score (nSPS) is 15.8. The van der Waals surface area contributed by atoms with Gasteiger partial charge in [-0.1, -0.05) is 30.3 Å². The Bertz CT molecular complexity index is 850. The Kier molecular flexibility index (Phi) is 9.08. The van der Waals surface area contributed by atoms with Crippen molar-refractivity contribution in [3.8, 4) is 5.75 Å². The average molecular weight is 437 g/mol. The summed E-state index contributed by atoms with van der Waals surface area (Å²) in [5, 5.41) is 3.33. The number of Topliss-reactive ketones (excluding diaryl/α,β-unsaturated/α-hetero) is 1. The van der Waals surface area contributed by atoms with Crippen LogP contribution in [0.2, 0.25) is 0 Å². The molecule has 1 N–H and O–H groups in total. The van der Waals surface area contributed by atoms with Gasteiger partial charge in [-0.2, -0.15) is 0 Å². The van der Waals surface area contributed by atoms with Crippen molar-refractivity contribution < 1.29 is 23.5 Å². The van der Waals surface area contributed by atoms with Gasteiger partial charge >= 0.3 is 6.09 Å². The number of amides is 1. The van der Waals surface area contributed by atoms with Gasteiger partial charge in [0.15, 0.2) is 17.3 Å². The number of hydrogen-bond donors (Lipinski definition) is 1. The minimum atomic E-state index is -0.555. The van der Waals surface area contributed by atoms with Crippen molar-refractivity contribution in [3.63, 3.8) is 0 Å². The van der Waals surface area contributed by atoms with Crippen molar-refractivity contribution >= 4 is 24.3 Å². The van der Waals surface area contributed by atoms with Crippen molar-refractivity contribution in [2.24, 2.45) is 0 Å². The Morgan fingerprint density at radius 1 is 1.20 bits per heavy atom. The number of ether oxygens (including phenoxy) is 2. The summed E-state index contributed by atoms with van der Waals surface area (Å²) in [6.45, 7) is 3.66. The van der Waals surface area contributed by atoms with E-state index in [-0.39, 0.29) is 42.7 Å². The molecule has 0 unspecified atom stereocenters. The van der Waals surface area contributed by atoms with Gasteiger partial charge < -0.3 is 19.7 Å². The summed E-state index contributed by atoms with van der Waals surface area (Å²) in [5.41, 5.74) is 1.26. The van der Waals surface area contributed by atoms with Gasteiger partial charge in [0.1, 0.15) is 6.61 Å². The van der Waals surface area contributed by atoms with Gasteiger partial charge in [-0.05, 0) is 37.1 Å². The lowest BCUT2D eigenvalue weighted by atomic mass is 10.1. The first-order valence-electron chi connectivity index (χ1n) is 9.65. The first-order chi connectivity index (χ1) is 14.0. The van der Waals surface area contributed by atoms with E-state index in [1.54, 1.807) is 11.0 Å². The summed E-state index contributed by atoms with van der Waals surface area (Å²) in [5.74, 6) is -0.633. The van der Waals surface area contributed by atoms with Crippen LogP contribution in [0.4, 0.5) is 9.18 Å². The second-order valence-electron chi connectivity index (χ2n) is 6.98. The van der Waals surface area contributed by atoms with E-state index in [4.69, 9.17) is 9.47 Å². The summed E-state index contributed by atoms with van der Waals surface area (Å²) in [6.07, 6.45) is 0.267. The summed E-state index contributed by atoms with van der Waals surface area (Å²) in [4.78, 5) is 25.3. The van der Waals surface area contributed by atoms with E-state index in [0.717, 1.165) is 5.56 Å². The first-order valence-corrected chi connectivity index (χ1v) is 9.65. The van der Waals surface area contributed by atoms with Crippen LogP contribution in [0.3, 0.4) is 0 Å². The molecule has 1 fully saturated rings. The van der Waals surface area contributed by atoms with Crippen LogP contribution < -0.4 is 10.1 Å². The van der Waals surface area contributed by atoms with E-state index in [0.29, 0.717) is 38.2 Å². The molecular formula is C22H26ClFN2O4. The van der Waals surface area contributed by atoms with Crippen LogP contribution in [-0.4, -0.2) is 49.1 Å². The van der Waals surface area contributed by atoms with E-state index >= 15 is 0 Å². The molecule has 1 aliphatic rings. The molecule has 1 saturated heterocycles. The highest BCUT2D eigenvalue weighted by Gasteiger charge is 2.24. The predicted molar refractivity (Wildman–Crippen MR) is 114 cm³/mol. The highest BCUT2D eigenvalue weighted by molar-refractivity contribution is 5.94. The lowest BCUT2D eigenvalue weighted by molar-refractivity contribution is 0.0826. The molecule has 162 valence electrons. The number of ketones is 1. The molecule has 0 aliphatic carbocycles. The van der Waals surface area contributed by atoms with Crippen LogP contribution in [0, 0.1) is 5.82 Å². The molecule has 8 heteroatoms. The predicted octanol–water partition coefficient (Wildman–Crippen LogP) is 3.83. The molecule has 1 atom stereocenters. The molecule has 0 spiro atoms. The van der Waals surface area contributed by atoms with E-state index < -0.39 is 5.82 Å². The Hall–Kier alpha value is -2.64. The smallest absolute Gasteiger partial charge is 0.410 e. The number of nitrogens with one attached hydrogen (secondary N) is 1. The highest BCUT2D eigenvalue weighted by atomic mass is 35.5. The van der Waals surface area contributed by atoms with E-state index in [1.807, 2.05) is 30.3 Å². The van der Waals surface area contributed by atoms with Crippen LogP contribution in [0.5, 0.6) is 5.75 Å². The first kappa shape index (κ1) is 23.6. The standard InChI is InChI=1S/C22H25FN2O4.ClH/c1-16(26)18-7-8-21(20(23)13-18)28-12-9-19-14-25(11-10-24-19)22(27)29-15-17-5-3-2-4-6-17;/h2-8,13,19,24H,9-12,14-15H2,1H3;1H/t19-;/m1./s1. The van der Waals surface area contributed by atoms with Crippen molar-refractivity contribution in [3.05, 3.63) is 65.5 Å². The van der Waals surface area contributed by atoms with Crippen LogP contribution in [-0.2, 0) is 11.3 Å². The summed E-state index contributed by atoms with van der Waals surface area (Å²) in [6, 6.07) is 13.8. The Labute approximate surface area is 181 Å². The lowest BCUT2D eigenvalue weighted by Crippen LogP contribution is -2.53. The number of carbonyl (C=O) groups excluding carboxylic acids is 2. The summed E-state index contributed by atoms with van der Waals surface area (Å²) < 4.78 is 24.9. The molecule has 1 aliphatic heterocycles. The minimum Gasteiger partial charge on any atom is -0.490 e. The fraction of sp³-hybridized carbons (Fsp3) is 0.364. The monoisotopic (exact) mass is 436 g/mol. The number of benzene rings is 2. The lowest BCUT2D eigenvalue weighted by Gasteiger charge is -2.33. The molecule has 2 aromatic carbocycles. The van der Waals surface area contributed by atoms with Gasteiger partial charge in [0, 0.05) is 31.2 Å². The molecule has 0 saturated carbocycles. The minimum absolute atomic E-state index is 0. The van der Waals surface area contributed by atoms with Gasteiger partial charge in [0.05, 0.1) is 6.61 Å². The van der Waals surface area contributed by atoms with Crippen LogP contribution in [0.25, 0.3) is 0 Å². The Morgan fingerprint density at radius 3 is 2.67 bits per heavy atom. The molecule has 1 amide bonds. The van der Waals surface area contributed by atoms with Gasteiger partial charge in [0.25, 0.3) is 0 Å². The van der Waals surface area contributed by atoms with Crippen molar-refractivity contribution in [1.29, 1.82) is 0 Å². The Balaban J connectivity index is 0.00000320.